The molecule has 7 nitrogen and oxygen atoms in total. The summed E-state index contributed by atoms with van der Waals surface area (Å²) < 4.78 is 38.6. The predicted octanol–water partition coefficient (Wildman–Crippen LogP) is 4.08. The molecule has 2 aromatic rings. The van der Waals surface area contributed by atoms with Crippen molar-refractivity contribution in [1.29, 1.82) is 0 Å². The fourth-order valence-electron chi connectivity index (χ4n) is 3.84. The van der Waals surface area contributed by atoms with Gasteiger partial charge in [0, 0.05) is 17.5 Å². The zero-order valence-corrected chi connectivity index (χ0v) is 20.8. The Labute approximate surface area is 200 Å². The van der Waals surface area contributed by atoms with Gasteiger partial charge in [-0.15, -0.1) is 0 Å². The van der Waals surface area contributed by atoms with Crippen molar-refractivity contribution in [2.45, 2.75) is 42.2 Å². The van der Waals surface area contributed by atoms with E-state index in [0.29, 0.717) is 29.0 Å². The molecule has 1 N–H and O–H groups in total. The van der Waals surface area contributed by atoms with Crippen molar-refractivity contribution in [2.24, 2.45) is 0 Å². The molecule has 0 saturated heterocycles. The van der Waals surface area contributed by atoms with Crippen LogP contribution >= 0.6 is 11.8 Å². The van der Waals surface area contributed by atoms with Gasteiger partial charge in [-0.05, 0) is 49.2 Å². The van der Waals surface area contributed by atoms with Gasteiger partial charge >= 0.3 is 0 Å². The molecule has 2 aromatic carbocycles. The average molecular weight is 493 g/mol. The van der Waals surface area contributed by atoms with Crippen molar-refractivity contribution in [2.75, 3.05) is 37.4 Å². The third-order valence-corrected chi connectivity index (χ3v) is 8.78. The lowest BCUT2D eigenvalue weighted by molar-refractivity contribution is -0.119. The number of carbonyl (C=O) groups is 1. The van der Waals surface area contributed by atoms with Crippen molar-refractivity contribution < 1.29 is 22.7 Å². The standard InChI is InChI=1S/C24H32N2O5S2/c1-30-19-12-14-21(15-13-19)33(28,29)26(22-10-6-7-11-23(22)31-2)18-24(27)25-16-17-32-20-8-4-3-5-9-20/h6-7,10-15,20H,3-5,8-9,16-18H2,1-2H3,(H,25,27). The molecule has 33 heavy (non-hydrogen) atoms. The maximum atomic E-state index is 13.5. The molecule has 0 aliphatic heterocycles. The summed E-state index contributed by atoms with van der Waals surface area (Å²) in [6.45, 7) is 0.158. The van der Waals surface area contributed by atoms with E-state index >= 15 is 0 Å². The second kappa shape index (κ2) is 12.2. The number of carbonyl (C=O) groups excluding carboxylic acids is 1. The molecule has 0 bridgehead atoms. The first-order valence-electron chi connectivity index (χ1n) is 11.1. The normalized spacial score (nSPS) is 14.5. The highest BCUT2D eigenvalue weighted by Crippen LogP contribution is 2.32. The first-order valence-corrected chi connectivity index (χ1v) is 13.6. The van der Waals surface area contributed by atoms with Gasteiger partial charge in [0.1, 0.15) is 18.0 Å². The largest absolute Gasteiger partial charge is 0.497 e. The third kappa shape index (κ3) is 6.80. The summed E-state index contributed by atoms with van der Waals surface area (Å²) in [6, 6.07) is 12.9. The van der Waals surface area contributed by atoms with Crippen LogP contribution in [0.15, 0.2) is 53.4 Å². The number of ether oxygens (including phenoxy) is 2. The lowest BCUT2D eigenvalue weighted by atomic mass is 10.0. The van der Waals surface area contributed by atoms with Crippen LogP contribution in [0.4, 0.5) is 5.69 Å². The molecule has 0 spiro atoms. The number of nitrogens with zero attached hydrogens (tertiary/aromatic N) is 1. The Balaban J connectivity index is 1.73. The van der Waals surface area contributed by atoms with Crippen LogP contribution < -0.4 is 19.1 Å². The van der Waals surface area contributed by atoms with Crippen LogP contribution in [-0.2, 0) is 14.8 Å². The van der Waals surface area contributed by atoms with Crippen LogP contribution in [0.3, 0.4) is 0 Å². The molecule has 1 fully saturated rings. The molecular formula is C24H32N2O5S2. The number of methoxy groups -OCH3 is 2. The highest BCUT2D eigenvalue weighted by Gasteiger charge is 2.29. The summed E-state index contributed by atoms with van der Waals surface area (Å²) in [5.74, 6) is 1.37. The van der Waals surface area contributed by atoms with E-state index in [-0.39, 0.29) is 17.3 Å². The average Bonchev–Trinajstić information content (AvgIpc) is 2.85. The lowest BCUT2D eigenvalue weighted by Gasteiger charge is -2.26. The monoisotopic (exact) mass is 492 g/mol. The zero-order valence-electron chi connectivity index (χ0n) is 19.2. The van der Waals surface area contributed by atoms with Crippen molar-refractivity contribution in [3.8, 4) is 11.5 Å². The number of hydrogen-bond acceptors (Lipinski definition) is 6. The fraction of sp³-hybridized carbons (Fsp3) is 0.458. The van der Waals surface area contributed by atoms with Gasteiger partial charge in [-0.1, -0.05) is 31.4 Å². The first kappa shape index (κ1) is 25.2. The van der Waals surface area contributed by atoms with Gasteiger partial charge < -0.3 is 14.8 Å². The Hall–Kier alpha value is -2.39. The van der Waals surface area contributed by atoms with Crippen LogP contribution in [0.1, 0.15) is 32.1 Å². The summed E-state index contributed by atoms with van der Waals surface area (Å²) >= 11 is 1.89. The number of para-hydroxylation sites is 2. The summed E-state index contributed by atoms with van der Waals surface area (Å²) in [5.41, 5.74) is 0.308. The SMILES string of the molecule is COc1ccc(S(=O)(=O)N(CC(=O)NCCSC2CCCCC2)c2ccccc2OC)cc1. The minimum absolute atomic E-state index is 0.0647. The molecule has 1 saturated carbocycles. The van der Waals surface area contributed by atoms with Crippen molar-refractivity contribution in [1.82, 2.24) is 5.32 Å². The Kier molecular flexibility index (Phi) is 9.31. The van der Waals surface area contributed by atoms with E-state index in [4.69, 9.17) is 9.47 Å². The molecule has 3 rings (SSSR count). The molecule has 1 amide bonds. The molecule has 0 unspecified atom stereocenters. The highest BCUT2D eigenvalue weighted by atomic mass is 32.2. The van der Waals surface area contributed by atoms with E-state index in [0.717, 1.165) is 10.1 Å². The van der Waals surface area contributed by atoms with Gasteiger partial charge in [-0.2, -0.15) is 11.8 Å². The Morgan fingerprint density at radius 1 is 1.03 bits per heavy atom. The minimum Gasteiger partial charge on any atom is -0.497 e. The molecule has 0 aromatic heterocycles. The molecule has 9 heteroatoms. The molecule has 0 atom stereocenters. The zero-order chi connectivity index (χ0) is 23.7. The van der Waals surface area contributed by atoms with Crippen LogP contribution in [0.5, 0.6) is 11.5 Å². The Bertz CT molecular complexity index is 1010. The second-order valence-electron chi connectivity index (χ2n) is 7.84. The number of hydrogen-bond donors (Lipinski definition) is 1. The molecular weight excluding hydrogens is 460 g/mol. The summed E-state index contributed by atoms with van der Waals surface area (Å²) in [7, 11) is -1.04. The van der Waals surface area contributed by atoms with Gasteiger partial charge in [-0.3, -0.25) is 9.10 Å². The number of sulfonamides is 1. The number of rotatable bonds is 11. The molecule has 1 aliphatic rings. The molecule has 180 valence electrons. The van der Waals surface area contributed by atoms with Crippen molar-refractivity contribution in [3.05, 3.63) is 48.5 Å². The van der Waals surface area contributed by atoms with Gasteiger partial charge in [0.15, 0.2) is 0 Å². The molecule has 0 heterocycles. The van der Waals surface area contributed by atoms with Crippen molar-refractivity contribution in [3.63, 3.8) is 0 Å². The second-order valence-corrected chi connectivity index (χ2v) is 11.1. The highest BCUT2D eigenvalue weighted by molar-refractivity contribution is 7.99. The first-order chi connectivity index (χ1) is 16.0. The fourth-order valence-corrected chi connectivity index (χ4v) is 6.50. The predicted molar refractivity (Wildman–Crippen MR) is 133 cm³/mol. The van der Waals surface area contributed by atoms with Crippen LogP contribution in [0, 0.1) is 0 Å². The Morgan fingerprint density at radius 3 is 2.39 bits per heavy atom. The van der Waals surface area contributed by atoms with Gasteiger partial charge in [0.2, 0.25) is 5.91 Å². The Morgan fingerprint density at radius 2 is 1.73 bits per heavy atom. The number of thioether (sulfide) groups is 1. The molecule has 1 aliphatic carbocycles. The van der Waals surface area contributed by atoms with Crippen LogP contribution in [-0.4, -0.2) is 52.6 Å². The van der Waals surface area contributed by atoms with E-state index in [1.54, 1.807) is 36.4 Å². The van der Waals surface area contributed by atoms with E-state index in [1.807, 2.05) is 11.8 Å². The van der Waals surface area contributed by atoms with Gasteiger partial charge in [0.05, 0.1) is 24.8 Å². The van der Waals surface area contributed by atoms with E-state index in [9.17, 15) is 13.2 Å². The van der Waals surface area contributed by atoms with E-state index in [1.165, 1.54) is 58.5 Å². The van der Waals surface area contributed by atoms with Crippen LogP contribution in [0.25, 0.3) is 0 Å². The third-order valence-electron chi connectivity index (χ3n) is 5.62. The maximum Gasteiger partial charge on any atom is 0.264 e. The number of nitrogens with one attached hydrogen (secondary N) is 1. The summed E-state index contributed by atoms with van der Waals surface area (Å²) in [6.07, 6.45) is 6.35. The van der Waals surface area contributed by atoms with E-state index < -0.39 is 10.0 Å². The van der Waals surface area contributed by atoms with Crippen LogP contribution in [0.2, 0.25) is 0 Å². The summed E-state index contributed by atoms with van der Waals surface area (Å²) in [4.78, 5) is 12.8. The smallest absolute Gasteiger partial charge is 0.264 e. The summed E-state index contributed by atoms with van der Waals surface area (Å²) in [5, 5.41) is 3.54. The minimum atomic E-state index is -4.02. The quantitative estimate of drug-likeness (QED) is 0.476. The van der Waals surface area contributed by atoms with Crippen molar-refractivity contribution >= 4 is 33.4 Å². The number of amides is 1. The van der Waals surface area contributed by atoms with Gasteiger partial charge in [0.25, 0.3) is 10.0 Å². The topological polar surface area (TPSA) is 84.9 Å². The molecule has 0 radical (unpaired) electrons. The number of anilines is 1. The number of benzene rings is 2. The lowest BCUT2D eigenvalue weighted by Crippen LogP contribution is -2.41. The van der Waals surface area contributed by atoms with Gasteiger partial charge in [-0.25, -0.2) is 8.42 Å². The maximum absolute atomic E-state index is 13.5. The van der Waals surface area contributed by atoms with E-state index in [2.05, 4.69) is 5.32 Å².